The molecule has 1 saturated heterocycles. The van der Waals surface area contributed by atoms with E-state index in [1.54, 1.807) is 6.07 Å². The van der Waals surface area contributed by atoms with Gasteiger partial charge in [0.2, 0.25) is 0 Å². The van der Waals surface area contributed by atoms with Crippen molar-refractivity contribution in [3.8, 4) is 5.75 Å². The topological polar surface area (TPSA) is 52.5 Å². The summed E-state index contributed by atoms with van der Waals surface area (Å²) >= 11 is 0. The minimum atomic E-state index is -0.0974. The third-order valence-corrected chi connectivity index (χ3v) is 2.81. The van der Waals surface area contributed by atoms with Gasteiger partial charge in [0.25, 0.3) is 0 Å². The molecule has 1 unspecified atom stereocenters. The second-order valence-electron chi connectivity index (χ2n) is 3.74. The number of phenols is 1. The molecule has 3 heteroatoms. The molecule has 0 aliphatic carbocycles. The number of rotatable bonds is 2. The summed E-state index contributed by atoms with van der Waals surface area (Å²) in [6, 6.07) is 5.50. The monoisotopic (exact) mass is 193 g/mol. The van der Waals surface area contributed by atoms with Gasteiger partial charge < -0.3 is 15.5 Å². The van der Waals surface area contributed by atoms with E-state index in [9.17, 15) is 5.11 Å². The van der Waals surface area contributed by atoms with Crippen LogP contribution in [0.15, 0.2) is 18.2 Å². The first-order valence-electron chi connectivity index (χ1n) is 4.94. The van der Waals surface area contributed by atoms with Crippen LogP contribution in [-0.2, 0) is 6.61 Å². The first kappa shape index (κ1) is 9.49. The molecule has 1 aromatic carbocycles. The zero-order valence-corrected chi connectivity index (χ0v) is 8.03. The van der Waals surface area contributed by atoms with Gasteiger partial charge in [-0.15, -0.1) is 0 Å². The second-order valence-corrected chi connectivity index (χ2v) is 3.74. The van der Waals surface area contributed by atoms with Crippen LogP contribution in [0.1, 0.15) is 23.5 Å². The zero-order valence-electron chi connectivity index (χ0n) is 8.03. The molecular formula is C11H15NO2. The van der Waals surface area contributed by atoms with E-state index < -0.39 is 0 Å². The lowest BCUT2D eigenvalue weighted by molar-refractivity contribution is 0.275. The van der Waals surface area contributed by atoms with E-state index in [0.29, 0.717) is 11.5 Å². The van der Waals surface area contributed by atoms with Crippen LogP contribution < -0.4 is 5.32 Å². The minimum Gasteiger partial charge on any atom is -0.508 e. The molecule has 0 amide bonds. The number of hydrogen-bond acceptors (Lipinski definition) is 3. The van der Waals surface area contributed by atoms with Gasteiger partial charge in [-0.2, -0.15) is 0 Å². The number of hydrogen-bond donors (Lipinski definition) is 3. The normalized spacial score (nSPS) is 21.4. The van der Waals surface area contributed by atoms with Crippen molar-refractivity contribution < 1.29 is 10.2 Å². The van der Waals surface area contributed by atoms with E-state index in [4.69, 9.17) is 5.11 Å². The van der Waals surface area contributed by atoms with Crippen molar-refractivity contribution >= 4 is 0 Å². The summed E-state index contributed by atoms with van der Waals surface area (Å²) in [5.41, 5.74) is 1.83. The van der Waals surface area contributed by atoms with Crippen molar-refractivity contribution in [3.05, 3.63) is 29.3 Å². The largest absolute Gasteiger partial charge is 0.508 e. The number of aliphatic hydroxyl groups excluding tert-OH is 1. The van der Waals surface area contributed by atoms with Crippen LogP contribution in [0.25, 0.3) is 0 Å². The Morgan fingerprint density at radius 1 is 1.43 bits per heavy atom. The highest BCUT2D eigenvalue weighted by atomic mass is 16.3. The Hall–Kier alpha value is -1.06. The fourth-order valence-electron chi connectivity index (χ4n) is 1.93. The predicted molar refractivity (Wildman–Crippen MR) is 54.3 cm³/mol. The van der Waals surface area contributed by atoms with E-state index in [1.807, 2.05) is 12.1 Å². The summed E-state index contributed by atoms with van der Waals surface area (Å²) in [4.78, 5) is 0. The van der Waals surface area contributed by atoms with Gasteiger partial charge in [0.1, 0.15) is 5.75 Å². The number of aromatic hydroxyl groups is 1. The Labute approximate surface area is 83.4 Å². The standard InChI is InChI=1S/C11H15NO2/c13-7-10-5-8(1-2-11(10)14)9-3-4-12-6-9/h1-2,5,9,12-14H,3-4,6-7H2. The van der Waals surface area contributed by atoms with Crippen molar-refractivity contribution in [3.63, 3.8) is 0 Å². The van der Waals surface area contributed by atoms with E-state index in [-0.39, 0.29) is 12.4 Å². The molecule has 14 heavy (non-hydrogen) atoms. The number of benzene rings is 1. The van der Waals surface area contributed by atoms with Crippen molar-refractivity contribution in [2.45, 2.75) is 18.9 Å². The van der Waals surface area contributed by atoms with Crippen LogP contribution in [0.5, 0.6) is 5.75 Å². The van der Waals surface area contributed by atoms with Gasteiger partial charge in [0, 0.05) is 12.1 Å². The summed E-state index contributed by atoms with van der Waals surface area (Å²) in [6.45, 7) is 1.95. The molecule has 3 N–H and O–H groups in total. The van der Waals surface area contributed by atoms with Gasteiger partial charge in [-0.25, -0.2) is 0 Å². The Bertz CT molecular complexity index is 319. The maximum absolute atomic E-state index is 9.40. The molecule has 1 atom stereocenters. The van der Waals surface area contributed by atoms with Gasteiger partial charge in [-0.3, -0.25) is 0 Å². The first-order valence-corrected chi connectivity index (χ1v) is 4.94. The highest BCUT2D eigenvalue weighted by Crippen LogP contribution is 2.26. The molecule has 1 heterocycles. The lowest BCUT2D eigenvalue weighted by Gasteiger charge is -2.10. The molecule has 0 saturated carbocycles. The molecule has 0 bridgehead atoms. The average Bonchev–Trinajstić information content (AvgIpc) is 2.71. The highest BCUT2D eigenvalue weighted by Gasteiger charge is 2.17. The van der Waals surface area contributed by atoms with Crippen LogP contribution in [0, 0.1) is 0 Å². The van der Waals surface area contributed by atoms with Crippen molar-refractivity contribution in [1.29, 1.82) is 0 Å². The number of aliphatic hydroxyl groups is 1. The zero-order chi connectivity index (χ0) is 9.97. The molecule has 1 aliphatic heterocycles. The van der Waals surface area contributed by atoms with E-state index in [1.165, 1.54) is 5.56 Å². The quantitative estimate of drug-likeness (QED) is 0.655. The fourth-order valence-corrected chi connectivity index (χ4v) is 1.93. The molecule has 76 valence electrons. The molecule has 3 nitrogen and oxygen atoms in total. The highest BCUT2D eigenvalue weighted by molar-refractivity contribution is 5.37. The summed E-state index contributed by atoms with van der Waals surface area (Å²) in [5.74, 6) is 0.711. The maximum atomic E-state index is 9.40. The number of nitrogens with one attached hydrogen (secondary N) is 1. The lowest BCUT2D eigenvalue weighted by Crippen LogP contribution is -2.08. The summed E-state index contributed by atoms with van der Waals surface area (Å²) in [7, 11) is 0. The SMILES string of the molecule is OCc1cc(C2CCNC2)ccc1O. The molecule has 1 aliphatic rings. The molecule has 0 aromatic heterocycles. The lowest BCUT2D eigenvalue weighted by atomic mass is 9.96. The Balaban J connectivity index is 2.25. The summed E-state index contributed by atoms with van der Waals surface area (Å²) in [6.07, 6.45) is 1.13. The van der Waals surface area contributed by atoms with Crippen LogP contribution in [0.2, 0.25) is 0 Å². The smallest absolute Gasteiger partial charge is 0.121 e. The van der Waals surface area contributed by atoms with Crippen molar-refractivity contribution in [2.75, 3.05) is 13.1 Å². The van der Waals surface area contributed by atoms with E-state index >= 15 is 0 Å². The molecule has 2 rings (SSSR count). The van der Waals surface area contributed by atoms with E-state index in [0.717, 1.165) is 19.5 Å². The second kappa shape index (κ2) is 3.98. The van der Waals surface area contributed by atoms with Crippen LogP contribution in [0.3, 0.4) is 0 Å². The minimum absolute atomic E-state index is 0.0974. The van der Waals surface area contributed by atoms with Gasteiger partial charge in [0.05, 0.1) is 6.61 Å². The Morgan fingerprint density at radius 3 is 2.93 bits per heavy atom. The molecule has 1 aromatic rings. The van der Waals surface area contributed by atoms with Crippen LogP contribution >= 0.6 is 0 Å². The summed E-state index contributed by atoms with van der Waals surface area (Å²) in [5, 5.41) is 21.7. The van der Waals surface area contributed by atoms with Crippen LogP contribution in [-0.4, -0.2) is 23.3 Å². The third kappa shape index (κ3) is 1.74. The van der Waals surface area contributed by atoms with Gasteiger partial charge in [0.15, 0.2) is 0 Å². The molecule has 0 spiro atoms. The van der Waals surface area contributed by atoms with Crippen LogP contribution in [0.4, 0.5) is 0 Å². The van der Waals surface area contributed by atoms with Gasteiger partial charge in [-0.05, 0) is 36.6 Å². The molecule has 1 fully saturated rings. The Morgan fingerprint density at radius 2 is 2.29 bits per heavy atom. The van der Waals surface area contributed by atoms with Crippen molar-refractivity contribution in [1.82, 2.24) is 5.32 Å². The predicted octanol–water partition coefficient (Wildman–Crippen LogP) is 0.961. The Kier molecular flexibility index (Phi) is 2.70. The van der Waals surface area contributed by atoms with Gasteiger partial charge >= 0.3 is 0 Å². The third-order valence-electron chi connectivity index (χ3n) is 2.81. The van der Waals surface area contributed by atoms with Crippen molar-refractivity contribution in [2.24, 2.45) is 0 Å². The average molecular weight is 193 g/mol. The molecule has 0 radical (unpaired) electrons. The fraction of sp³-hybridized carbons (Fsp3) is 0.455. The van der Waals surface area contributed by atoms with Gasteiger partial charge in [-0.1, -0.05) is 6.07 Å². The summed E-state index contributed by atoms with van der Waals surface area (Å²) < 4.78 is 0. The molecular weight excluding hydrogens is 178 g/mol. The van der Waals surface area contributed by atoms with E-state index in [2.05, 4.69) is 5.32 Å². The maximum Gasteiger partial charge on any atom is 0.121 e. The first-order chi connectivity index (χ1) is 6.81.